The number of hydrogen-bond donors (Lipinski definition) is 1. The van der Waals surface area contributed by atoms with E-state index in [0.29, 0.717) is 6.54 Å². The zero-order valence-corrected chi connectivity index (χ0v) is 13.4. The van der Waals surface area contributed by atoms with E-state index in [-0.39, 0.29) is 5.82 Å². The molecule has 0 amide bonds. The van der Waals surface area contributed by atoms with Gasteiger partial charge in [-0.2, -0.15) is 0 Å². The van der Waals surface area contributed by atoms with Crippen molar-refractivity contribution < 1.29 is 4.39 Å². The molecule has 4 heteroatoms. The predicted octanol–water partition coefficient (Wildman–Crippen LogP) is 3.96. The summed E-state index contributed by atoms with van der Waals surface area (Å²) in [6.45, 7) is 3.66. The number of nitrogens with one attached hydrogen (secondary N) is 1. The van der Waals surface area contributed by atoms with E-state index in [0.717, 1.165) is 30.1 Å². The third-order valence-electron chi connectivity index (χ3n) is 3.96. The van der Waals surface area contributed by atoms with Crippen LogP contribution in [0.15, 0.2) is 42.5 Å². The van der Waals surface area contributed by atoms with Gasteiger partial charge >= 0.3 is 0 Å². The van der Waals surface area contributed by atoms with E-state index in [1.807, 2.05) is 0 Å². The van der Waals surface area contributed by atoms with E-state index in [1.165, 1.54) is 28.9 Å². The predicted molar refractivity (Wildman–Crippen MR) is 92.7 cm³/mol. The van der Waals surface area contributed by atoms with Crippen LogP contribution in [-0.4, -0.2) is 11.7 Å². The number of hydrogen-bond acceptors (Lipinski definition) is 1. The van der Waals surface area contributed by atoms with Gasteiger partial charge in [0, 0.05) is 18.8 Å². The van der Waals surface area contributed by atoms with Crippen molar-refractivity contribution in [3.8, 4) is 0 Å². The van der Waals surface area contributed by atoms with Gasteiger partial charge in [-0.1, -0.05) is 29.8 Å². The lowest BCUT2D eigenvalue weighted by Crippen LogP contribution is -2.42. The summed E-state index contributed by atoms with van der Waals surface area (Å²) in [6.07, 6.45) is 2.21. The molecule has 0 spiro atoms. The Morgan fingerprint density at radius 3 is 2.77 bits per heavy atom. The summed E-state index contributed by atoms with van der Waals surface area (Å²) in [5.41, 5.74) is 4.86. The van der Waals surface area contributed by atoms with Crippen LogP contribution in [0.25, 0.3) is 0 Å². The minimum absolute atomic E-state index is 0.216. The quantitative estimate of drug-likeness (QED) is 0.845. The van der Waals surface area contributed by atoms with Crippen LogP contribution in [0.4, 0.5) is 10.1 Å². The number of benzene rings is 2. The van der Waals surface area contributed by atoms with Crippen molar-refractivity contribution in [2.45, 2.75) is 26.3 Å². The fraction of sp³-hybridized carbons (Fsp3) is 0.278. The van der Waals surface area contributed by atoms with Gasteiger partial charge in [0.1, 0.15) is 5.82 Å². The fourth-order valence-electron chi connectivity index (χ4n) is 2.81. The van der Waals surface area contributed by atoms with Gasteiger partial charge in [-0.3, -0.25) is 0 Å². The first kappa shape index (κ1) is 15.0. The standard InChI is InChI=1S/C18H19FN2S/c1-13-4-9-17-15(11-13)3-2-10-21(17)18(22)20-12-14-5-7-16(19)8-6-14/h4-9,11H,2-3,10,12H2,1H3,(H,20,22). The molecule has 1 aliphatic rings. The molecule has 0 bridgehead atoms. The molecule has 0 fully saturated rings. The van der Waals surface area contributed by atoms with Crippen LogP contribution in [0.1, 0.15) is 23.1 Å². The average Bonchev–Trinajstić information content (AvgIpc) is 2.53. The molecule has 114 valence electrons. The summed E-state index contributed by atoms with van der Waals surface area (Å²) in [5, 5.41) is 4.01. The van der Waals surface area contributed by atoms with Gasteiger partial charge in [-0.05, 0) is 61.3 Å². The minimum Gasteiger partial charge on any atom is -0.358 e. The summed E-state index contributed by atoms with van der Waals surface area (Å²) in [5.74, 6) is -0.216. The van der Waals surface area contributed by atoms with Crippen LogP contribution in [0.5, 0.6) is 0 Å². The first-order valence-corrected chi connectivity index (χ1v) is 7.93. The van der Waals surface area contributed by atoms with Crippen LogP contribution >= 0.6 is 12.2 Å². The van der Waals surface area contributed by atoms with Crippen LogP contribution in [0.3, 0.4) is 0 Å². The molecule has 1 N–H and O–H groups in total. The highest BCUT2D eigenvalue weighted by Crippen LogP contribution is 2.28. The second kappa shape index (κ2) is 6.44. The molecule has 0 radical (unpaired) electrons. The van der Waals surface area contributed by atoms with E-state index in [1.54, 1.807) is 12.1 Å². The third kappa shape index (κ3) is 3.28. The van der Waals surface area contributed by atoms with Crippen molar-refractivity contribution in [3.63, 3.8) is 0 Å². The molecule has 0 saturated carbocycles. The molecule has 0 unspecified atom stereocenters. The normalized spacial score (nSPS) is 13.6. The molecule has 0 aliphatic carbocycles. The molecule has 0 aromatic heterocycles. The zero-order valence-electron chi connectivity index (χ0n) is 12.6. The van der Waals surface area contributed by atoms with Crippen molar-refractivity contribution in [2.75, 3.05) is 11.4 Å². The summed E-state index contributed by atoms with van der Waals surface area (Å²) < 4.78 is 12.9. The first-order chi connectivity index (χ1) is 10.6. The highest BCUT2D eigenvalue weighted by Gasteiger charge is 2.19. The van der Waals surface area contributed by atoms with Gasteiger partial charge in [0.05, 0.1) is 0 Å². The van der Waals surface area contributed by atoms with E-state index >= 15 is 0 Å². The van der Waals surface area contributed by atoms with Crippen molar-refractivity contribution in [1.29, 1.82) is 0 Å². The fourth-order valence-corrected chi connectivity index (χ4v) is 3.07. The summed E-state index contributed by atoms with van der Waals surface area (Å²) >= 11 is 5.55. The maximum Gasteiger partial charge on any atom is 0.173 e. The average molecular weight is 314 g/mol. The summed E-state index contributed by atoms with van der Waals surface area (Å²) in [4.78, 5) is 2.16. The van der Waals surface area contributed by atoms with Crippen molar-refractivity contribution in [1.82, 2.24) is 5.32 Å². The van der Waals surface area contributed by atoms with Crippen molar-refractivity contribution in [3.05, 3.63) is 65.0 Å². The first-order valence-electron chi connectivity index (χ1n) is 7.53. The molecular formula is C18H19FN2S. The smallest absolute Gasteiger partial charge is 0.173 e. The Hall–Kier alpha value is -1.94. The molecule has 1 aliphatic heterocycles. The summed E-state index contributed by atoms with van der Waals surface area (Å²) in [6, 6.07) is 13.0. The Balaban J connectivity index is 1.70. The molecule has 2 aromatic rings. The number of rotatable bonds is 2. The van der Waals surface area contributed by atoms with E-state index < -0.39 is 0 Å². The van der Waals surface area contributed by atoms with Crippen LogP contribution < -0.4 is 10.2 Å². The molecule has 0 atom stereocenters. The second-order valence-corrected chi connectivity index (χ2v) is 6.06. The number of anilines is 1. The monoisotopic (exact) mass is 314 g/mol. The lowest BCUT2D eigenvalue weighted by molar-refractivity contribution is 0.626. The zero-order chi connectivity index (χ0) is 15.5. The molecule has 0 saturated heterocycles. The van der Waals surface area contributed by atoms with Gasteiger partial charge in [-0.15, -0.1) is 0 Å². The van der Waals surface area contributed by atoms with Crippen LogP contribution in [-0.2, 0) is 13.0 Å². The van der Waals surface area contributed by atoms with Gasteiger partial charge in [0.25, 0.3) is 0 Å². The highest BCUT2D eigenvalue weighted by atomic mass is 32.1. The van der Waals surface area contributed by atoms with Gasteiger partial charge in [0.2, 0.25) is 0 Å². The Kier molecular flexibility index (Phi) is 4.39. The van der Waals surface area contributed by atoms with E-state index in [9.17, 15) is 4.39 Å². The van der Waals surface area contributed by atoms with Gasteiger partial charge in [-0.25, -0.2) is 4.39 Å². The molecule has 3 rings (SSSR count). The Labute approximate surface area is 136 Å². The maximum atomic E-state index is 12.9. The van der Waals surface area contributed by atoms with Crippen LogP contribution in [0.2, 0.25) is 0 Å². The SMILES string of the molecule is Cc1ccc2c(c1)CCCN2C(=S)NCc1ccc(F)cc1. The maximum absolute atomic E-state index is 12.9. The largest absolute Gasteiger partial charge is 0.358 e. The van der Waals surface area contributed by atoms with Crippen LogP contribution in [0, 0.1) is 12.7 Å². The van der Waals surface area contributed by atoms with E-state index in [4.69, 9.17) is 12.2 Å². The van der Waals surface area contributed by atoms with Gasteiger partial charge < -0.3 is 10.2 Å². The topological polar surface area (TPSA) is 15.3 Å². The molecular weight excluding hydrogens is 295 g/mol. The molecule has 1 heterocycles. The van der Waals surface area contributed by atoms with Gasteiger partial charge in [0.15, 0.2) is 5.11 Å². The Morgan fingerprint density at radius 2 is 2.00 bits per heavy atom. The molecule has 2 nitrogen and oxygen atoms in total. The second-order valence-electron chi connectivity index (χ2n) is 5.67. The van der Waals surface area contributed by atoms with E-state index in [2.05, 4.69) is 35.3 Å². The van der Waals surface area contributed by atoms with Crippen molar-refractivity contribution >= 4 is 23.0 Å². The minimum atomic E-state index is -0.216. The lowest BCUT2D eigenvalue weighted by Gasteiger charge is -2.32. The number of thiocarbonyl (C=S) groups is 1. The van der Waals surface area contributed by atoms with Crippen molar-refractivity contribution in [2.24, 2.45) is 0 Å². The molecule has 22 heavy (non-hydrogen) atoms. The third-order valence-corrected chi connectivity index (χ3v) is 4.32. The number of aryl methyl sites for hydroxylation is 2. The Bertz CT molecular complexity index is 682. The summed E-state index contributed by atoms with van der Waals surface area (Å²) in [7, 11) is 0. The number of fused-ring (bicyclic) bond motifs is 1. The lowest BCUT2D eigenvalue weighted by atomic mass is 10.00. The number of halogens is 1. The number of nitrogens with zero attached hydrogens (tertiary/aromatic N) is 1. The highest BCUT2D eigenvalue weighted by molar-refractivity contribution is 7.80. The Morgan fingerprint density at radius 1 is 1.23 bits per heavy atom. The molecule has 2 aromatic carbocycles.